The van der Waals surface area contributed by atoms with Crippen molar-refractivity contribution < 1.29 is 19.4 Å². The first-order chi connectivity index (χ1) is 14.1. The van der Waals surface area contributed by atoms with Crippen molar-refractivity contribution in [1.82, 2.24) is 10.3 Å². The Morgan fingerprint density at radius 3 is 2.93 bits per heavy atom. The molecule has 1 aliphatic rings. The second-order valence-electron chi connectivity index (χ2n) is 6.91. The van der Waals surface area contributed by atoms with Gasteiger partial charge in [-0.15, -0.1) is 0 Å². The van der Waals surface area contributed by atoms with Gasteiger partial charge < -0.3 is 19.9 Å². The molecule has 150 valence electrons. The molecule has 1 atom stereocenters. The summed E-state index contributed by atoms with van der Waals surface area (Å²) in [5.41, 5.74) is 1.62. The highest BCUT2D eigenvalue weighted by molar-refractivity contribution is 6.35. The summed E-state index contributed by atoms with van der Waals surface area (Å²) < 4.78 is 10.9. The fourth-order valence-corrected chi connectivity index (χ4v) is 3.70. The minimum Gasteiger partial charge on any atom is -0.505 e. The van der Waals surface area contributed by atoms with Gasteiger partial charge in [0, 0.05) is 23.6 Å². The molecule has 1 amide bonds. The molecule has 2 heterocycles. The maximum Gasteiger partial charge on any atom is 0.231 e. The highest BCUT2D eigenvalue weighted by atomic mass is 35.5. The standard InChI is InChI=1S/C22H21ClN2O4/c1-2-3-6-19(26)25-20(13-7-8-17-18(10-13)29-12-28-17)15-11-16(23)14-5-4-9-24-21(14)22(15)27/h4-5,7-11,20,27H,2-3,6,12H2,1H3,(H,25,26). The number of halogens is 1. The van der Waals surface area contributed by atoms with E-state index in [4.69, 9.17) is 21.1 Å². The number of benzene rings is 2. The summed E-state index contributed by atoms with van der Waals surface area (Å²) in [7, 11) is 0. The second kappa shape index (κ2) is 8.17. The number of phenols is 1. The molecule has 0 fully saturated rings. The van der Waals surface area contributed by atoms with Crippen LogP contribution in [-0.2, 0) is 4.79 Å². The number of pyridine rings is 1. The minimum atomic E-state index is -0.613. The van der Waals surface area contributed by atoms with Crippen molar-refractivity contribution in [3.63, 3.8) is 0 Å². The number of phenolic OH excluding ortho intramolecular Hbond substituents is 1. The van der Waals surface area contributed by atoms with Crippen LogP contribution in [0.1, 0.15) is 43.4 Å². The van der Waals surface area contributed by atoms with Gasteiger partial charge in [-0.05, 0) is 42.3 Å². The van der Waals surface area contributed by atoms with Crippen molar-refractivity contribution in [3.05, 3.63) is 58.7 Å². The van der Waals surface area contributed by atoms with Crippen LogP contribution < -0.4 is 14.8 Å². The SMILES string of the molecule is CCCCC(=O)NC(c1ccc2c(c1)OCO2)c1cc(Cl)c2cccnc2c1O. The molecule has 2 N–H and O–H groups in total. The zero-order valence-electron chi connectivity index (χ0n) is 15.9. The average molecular weight is 413 g/mol. The van der Waals surface area contributed by atoms with Crippen molar-refractivity contribution in [1.29, 1.82) is 0 Å². The molecular formula is C22H21ClN2O4. The van der Waals surface area contributed by atoms with E-state index in [2.05, 4.69) is 10.3 Å². The van der Waals surface area contributed by atoms with Gasteiger partial charge in [0.2, 0.25) is 12.7 Å². The summed E-state index contributed by atoms with van der Waals surface area (Å²) in [5, 5.41) is 15.1. The first kappa shape index (κ1) is 19.3. The van der Waals surface area contributed by atoms with Crippen molar-refractivity contribution in [2.24, 2.45) is 0 Å². The Balaban J connectivity index is 1.81. The molecule has 2 aromatic carbocycles. The first-order valence-electron chi connectivity index (χ1n) is 9.53. The molecule has 0 bridgehead atoms. The summed E-state index contributed by atoms with van der Waals surface area (Å²) in [6, 6.07) is 10.1. The fraction of sp³-hybridized carbons (Fsp3) is 0.273. The molecule has 1 unspecified atom stereocenters. The molecule has 0 radical (unpaired) electrons. The monoisotopic (exact) mass is 412 g/mol. The maximum absolute atomic E-state index is 12.6. The highest BCUT2D eigenvalue weighted by Gasteiger charge is 2.25. The van der Waals surface area contributed by atoms with Crippen molar-refractivity contribution in [2.45, 2.75) is 32.2 Å². The Morgan fingerprint density at radius 2 is 2.10 bits per heavy atom. The van der Waals surface area contributed by atoms with Gasteiger partial charge in [-0.3, -0.25) is 9.78 Å². The smallest absolute Gasteiger partial charge is 0.231 e. The Bertz CT molecular complexity index is 1070. The molecule has 1 aliphatic heterocycles. The van der Waals surface area contributed by atoms with E-state index < -0.39 is 6.04 Å². The lowest BCUT2D eigenvalue weighted by Crippen LogP contribution is -2.29. The molecule has 0 spiro atoms. The lowest BCUT2D eigenvalue weighted by atomic mass is 9.95. The highest BCUT2D eigenvalue weighted by Crippen LogP contribution is 2.41. The van der Waals surface area contributed by atoms with Gasteiger partial charge in [0.25, 0.3) is 0 Å². The molecule has 29 heavy (non-hydrogen) atoms. The number of hydrogen-bond donors (Lipinski definition) is 2. The molecule has 4 rings (SSSR count). The number of hydrogen-bond acceptors (Lipinski definition) is 5. The third kappa shape index (κ3) is 3.80. The van der Waals surface area contributed by atoms with E-state index in [1.807, 2.05) is 19.1 Å². The van der Waals surface area contributed by atoms with Crippen LogP contribution in [0.4, 0.5) is 0 Å². The molecule has 1 aromatic heterocycles. The number of carbonyl (C=O) groups is 1. The topological polar surface area (TPSA) is 80.7 Å². The van der Waals surface area contributed by atoms with Crippen molar-refractivity contribution in [2.75, 3.05) is 6.79 Å². The molecule has 3 aromatic rings. The van der Waals surface area contributed by atoms with Crippen LogP contribution in [0.2, 0.25) is 5.02 Å². The summed E-state index contributed by atoms with van der Waals surface area (Å²) in [5.74, 6) is 1.13. The summed E-state index contributed by atoms with van der Waals surface area (Å²) in [6.07, 6.45) is 3.69. The lowest BCUT2D eigenvalue weighted by molar-refractivity contribution is -0.121. The summed E-state index contributed by atoms with van der Waals surface area (Å²) in [6.45, 7) is 2.19. The summed E-state index contributed by atoms with van der Waals surface area (Å²) in [4.78, 5) is 16.8. The molecular weight excluding hydrogens is 392 g/mol. The Morgan fingerprint density at radius 1 is 1.28 bits per heavy atom. The number of fused-ring (bicyclic) bond motifs is 2. The van der Waals surface area contributed by atoms with Gasteiger partial charge in [-0.25, -0.2) is 0 Å². The molecule has 0 saturated heterocycles. The number of amides is 1. The van der Waals surface area contributed by atoms with E-state index in [0.29, 0.717) is 39.4 Å². The minimum absolute atomic E-state index is 0.0107. The Hall–Kier alpha value is -2.99. The van der Waals surface area contributed by atoms with Gasteiger partial charge >= 0.3 is 0 Å². The van der Waals surface area contributed by atoms with E-state index in [-0.39, 0.29) is 18.4 Å². The second-order valence-corrected chi connectivity index (χ2v) is 7.32. The number of aromatic nitrogens is 1. The number of rotatable bonds is 6. The normalized spacial score (nSPS) is 13.4. The number of unbranched alkanes of at least 4 members (excludes halogenated alkanes) is 1. The predicted octanol–water partition coefficient (Wildman–Crippen LogP) is 4.72. The number of nitrogens with one attached hydrogen (secondary N) is 1. The summed E-state index contributed by atoms with van der Waals surface area (Å²) >= 11 is 6.47. The van der Waals surface area contributed by atoms with Crippen molar-refractivity contribution in [3.8, 4) is 17.2 Å². The van der Waals surface area contributed by atoms with E-state index in [0.717, 1.165) is 18.4 Å². The van der Waals surface area contributed by atoms with Crippen LogP contribution in [0.25, 0.3) is 10.9 Å². The van der Waals surface area contributed by atoms with Gasteiger partial charge in [-0.1, -0.05) is 31.0 Å². The Kier molecular flexibility index (Phi) is 5.45. The van der Waals surface area contributed by atoms with E-state index in [9.17, 15) is 9.90 Å². The van der Waals surface area contributed by atoms with Gasteiger partial charge in [-0.2, -0.15) is 0 Å². The van der Waals surface area contributed by atoms with Crippen LogP contribution >= 0.6 is 11.6 Å². The third-order valence-corrected chi connectivity index (χ3v) is 5.26. The van der Waals surface area contributed by atoms with E-state index >= 15 is 0 Å². The fourth-order valence-electron chi connectivity index (χ4n) is 3.43. The molecule has 6 nitrogen and oxygen atoms in total. The van der Waals surface area contributed by atoms with Gasteiger partial charge in [0.1, 0.15) is 11.3 Å². The molecule has 7 heteroatoms. The lowest BCUT2D eigenvalue weighted by Gasteiger charge is -2.22. The molecule has 0 saturated carbocycles. The number of aromatic hydroxyl groups is 1. The molecule has 0 aliphatic carbocycles. The predicted molar refractivity (Wildman–Crippen MR) is 110 cm³/mol. The zero-order valence-corrected chi connectivity index (χ0v) is 16.7. The zero-order chi connectivity index (χ0) is 20.4. The Labute approximate surface area is 173 Å². The van der Waals surface area contributed by atoms with Crippen LogP contribution in [0, 0.1) is 0 Å². The first-order valence-corrected chi connectivity index (χ1v) is 9.91. The van der Waals surface area contributed by atoms with Crippen molar-refractivity contribution >= 4 is 28.4 Å². The van der Waals surface area contributed by atoms with Crippen LogP contribution in [0.15, 0.2) is 42.6 Å². The van der Waals surface area contributed by atoms with Gasteiger partial charge in [0.15, 0.2) is 11.5 Å². The quantitative estimate of drug-likeness (QED) is 0.612. The van der Waals surface area contributed by atoms with Gasteiger partial charge in [0.05, 0.1) is 11.1 Å². The van der Waals surface area contributed by atoms with Crippen LogP contribution in [0.3, 0.4) is 0 Å². The number of nitrogens with zero attached hydrogens (tertiary/aromatic N) is 1. The van der Waals surface area contributed by atoms with E-state index in [1.165, 1.54) is 0 Å². The van der Waals surface area contributed by atoms with E-state index in [1.54, 1.807) is 30.5 Å². The third-order valence-electron chi connectivity index (χ3n) is 4.95. The van der Waals surface area contributed by atoms with Crippen LogP contribution in [-0.4, -0.2) is 22.8 Å². The van der Waals surface area contributed by atoms with Crippen LogP contribution in [0.5, 0.6) is 17.2 Å². The maximum atomic E-state index is 12.6. The number of ether oxygens (including phenoxy) is 2. The number of carbonyl (C=O) groups excluding carboxylic acids is 1. The largest absolute Gasteiger partial charge is 0.505 e. The average Bonchev–Trinajstić information content (AvgIpc) is 3.21.